The molecule has 0 bridgehead atoms. The fourth-order valence-corrected chi connectivity index (χ4v) is 3.69. The van der Waals surface area contributed by atoms with Crippen LogP contribution in [0, 0.1) is 0 Å². The van der Waals surface area contributed by atoms with Crippen LogP contribution in [0.2, 0.25) is 0 Å². The van der Waals surface area contributed by atoms with E-state index in [1.807, 2.05) is 36.0 Å². The van der Waals surface area contributed by atoms with Gasteiger partial charge in [0.15, 0.2) is 0 Å². The number of carbonyl (C=O) groups is 1. The Balaban J connectivity index is 1.80. The Morgan fingerprint density at radius 1 is 1.16 bits per heavy atom. The van der Waals surface area contributed by atoms with Crippen LogP contribution in [-0.2, 0) is 10.2 Å². The molecule has 1 aliphatic heterocycles. The van der Waals surface area contributed by atoms with Gasteiger partial charge >= 0.3 is 0 Å². The monoisotopic (exact) mass is 276 g/mol. The molecule has 2 fully saturated rings. The molecule has 3 nitrogen and oxygen atoms in total. The number of amides is 1. The number of nitrogens with zero attached hydrogens (tertiary/aromatic N) is 1. The van der Waals surface area contributed by atoms with Crippen LogP contribution < -0.4 is 5.73 Å². The summed E-state index contributed by atoms with van der Waals surface area (Å²) in [4.78, 5) is 14.9. The lowest BCUT2D eigenvalue weighted by Crippen LogP contribution is -2.40. The summed E-state index contributed by atoms with van der Waals surface area (Å²) >= 11 is 1.96. The molecule has 1 aromatic rings. The SMILES string of the molecule is Nc1ccc(C2(C(=O)N3CCCSCC3)CC2)cc1. The molecule has 4 heteroatoms. The Kier molecular flexibility index (Phi) is 3.44. The quantitative estimate of drug-likeness (QED) is 0.843. The van der Waals surface area contributed by atoms with Crippen molar-refractivity contribution in [2.45, 2.75) is 24.7 Å². The van der Waals surface area contributed by atoms with Gasteiger partial charge in [0.25, 0.3) is 0 Å². The topological polar surface area (TPSA) is 46.3 Å². The van der Waals surface area contributed by atoms with Crippen molar-refractivity contribution in [2.24, 2.45) is 0 Å². The minimum atomic E-state index is -0.233. The molecule has 1 saturated carbocycles. The van der Waals surface area contributed by atoms with E-state index in [0.717, 1.165) is 49.4 Å². The number of rotatable bonds is 2. The summed E-state index contributed by atoms with van der Waals surface area (Å²) < 4.78 is 0. The smallest absolute Gasteiger partial charge is 0.233 e. The van der Waals surface area contributed by atoms with E-state index in [1.165, 1.54) is 5.75 Å². The lowest BCUT2D eigenvalue weighted by Gasteiger charge is -2.26. The van der Waals surface area contributed by atoms with Crippen LogP contribution in [-0.4, -0.2) is 35.4 Å². The molecule has 3 rings (SSSR count). The second-order valence-corrected chi connectivity index (χ2v) is 6.69. The highest BCUT2D eigenvalue weighted by atomic mass is 32.2. The molecule has 1 saturated heterocycles. The highest BCUT2D eigenvalue weighted by Gasteiger charge is 2.52. The third-order valence-electron chi connectivity index (χ3n) is 4.13. The van der Waals surface area contributed by atoms with Gasteiger partial charge in [0.2, 0.25) is 5.91 Å². The van der Waals surface area contributed by atoms with Crippen LogP contribution in [0.25, 0.3) is 0 Å². The lowest BCUT2D eigenvalue weighted by atomic mass is 9.94. The number of nitrogen functional groups attached to an aromatic ring is 1. The molecule has 19 heavy (non-hydrogen) atoms. The highest BCUT2D eigenvalue weighted by molar-refractivity contribution is 7.99. The van der Waals surface area contributed by atoms with Crippen molar-refractivity contribution in [1.82, 2.24) is 4.90 Å². The Morgan fingerprint density at radius 2 is 1.89 bits per heavy atom. The Bertz CT molecular complexity index is 460. The van der Waals surface area contributed by atoms with Gasteiger partial charge in [0.05, 0.1) is 5.41 Å². The van der Waals surface area contributed by atoms with E-state index < -0.39 is 0 Å². The summed E-state index contributed by atoms with van der Waals surface area (Å²) in [6.07, 6.45) is 3.09. The molecule has 0 aromatic heterocycles. The van der Waals surface area contributed by atoms with Crippen molar-refractivity contribution in [3.63, 3.8) is 0 Å². The Hall–Kier alpha value is -1.16. The molecule has 0 atom stereocenters. The first-order chi connectivity index (χ1) is 9.22. The van der Waals surface area contributed by atoms with Crippen molar-refractivity contribution >= 4 is 23.4 Å². The predicted molar refractivity (Wildman–Crippen MR) is 80.3 cm³/mol. The molecule has 1 heterocycles. The zero-order valence-corrected chi connectivity index (χ0v) is 11.9. The summed E-state index contributed by atoms with van der Waals surface area (Å²) in [5, 5.41) is 0. The molecule has 0 unspecified atom stereocenters. The largest absolute Gasteiger partial charge is 0.399 e. The van der Waals surface area contributed by atoms with Gasteiger partial charge in [-0.25, -0.2) is 0 Å². The summed E-state index contributed by atoms with van der Waals surface area (Å²) in [6.45, 7) is 1.82. The normalized spacial score (nSPS) is 21.8. The molecule has 0 spiro atoms. The standard InChI is InChI=1S/C15H20N2OS/c16-13-4-2-12(3-5-13)15(6-7-15)14(18)17-8-1-10-19-11-9-17/h2-5H,1,6-11,16H2. The van der Waals surface area contributed by atoms with Crippen molar-refractivity contribution < 1.29 is 4.79 Å². The minimum absolute atomic E-state index is 0.233. The van der Waals surface area contributed by atoms with Crippen LogP contribution in [0.15, 0.2) is 24.3 Å². The van der Waals surface area contributed by atoms with E-state index in [0.29, 0.717) is 5.91 Å². The van der Waals surface area contributed by atoms with E-state index in [-0.39, 0.29) is 5.41 Å². The number of nitrogens with two attached hydrogens (primary N) is 1. The van der Waals surface area contributed by atoms with Crippen molar-refractivity contribution in [2.75, 3.05) is 30.3 Å². The van der Waals surface area contributed by atoms with Gasteiger partial charge in [-0.05, 0) is 42.7 Å². The van der Waals surface area contributed by atoms with Crippen molar-refractivity contribution in [3.8, 4) is 0 Å². The lowest BCUT2D eigenvalue weighted by molar-refractivity contribution is -0.133. The number of hydrogen-bond acceptors (Lipinski definition) is 3. The molecule has 1 aromatic carbocycles. The average molecular weight is 276 g/mol. The third-order valence-corrected chi connectivity index (χ3v) is 5.18. The van der Waals surface area contributed by atoms with Crippen LogP contribution in [0.3, 0.4) is 0 Å². The molecule has 2 N–H and O–H groups in total. The van der Waals surface area contributed by atoms with E-state index in [2.05, 4.69) is 4.90 Å². The Morgan fingerprint density at radius 3 is 2.58 bits per heavy atom. The number of anilines is 1. The summed E-state index contributed by atoms with van der Waals surface area (Å²) in [6, 6.07) is 7.85. The predicted octanol–water partition coefficient (Wildman–Crippen LogP) is 2.27. The van der Waals surface area contributed by atoms with Gasteiger partial charge in [-0.15, -0.1) is 0 Å². The fourth-order valence-electron chi connectivity index (χ4n) is 2.81. The molecule has 1 aliphatic carbocycles. The molecule has 1 amide bonds. The number of benzene rings is 1. The molecular formula is C15H20N2OS. The van der Waals surface area contributed by atoms with Gasteiger partial charge < -0.3 is 10.6 Å². The maximum Gasteiger partial charge on any atom is 0.233 e. The number of thioether (sulfide) groups is 1. The van der Waals surface area contributed by atoms with E-state index in [4.69, 9.17) is 5.73 Å². The van der Waals surface area contributed by atoms with Gasteiger partial charge in [-0.2, -0.15) is 11.8 Å². The first kappa shape index (κ1) is 12.9. The first-order valence-corrected chi connectivity index (χ1v) is 8.11. The highest BCUT2D eigenvalue weighted by Crippen LogP contribution is 2.49. The second-order valence-electron chi connectivity index (χ2n) is 5.46. The molecule has 0 radical (unpaired) electrons. The number of carbonyl (C=O) groups excluding carboxylic acids is 1. The van der Waals surface area contributed by atoms with Crippen molar-refractivity contribution in [3.05, 3.63) is 29.8 Å². The van der Waals surface area contributed by atoms with E-state index >= 15 is 0 Å². The maximum atomic E-state index is 12.8. The van der Waals surface area contributed by atoms with Crippen LogP contribution >= 0.6 is 11.8 Å². The van der Waals surface area contributed by atoms with Gasteiger partial charge in [0, 0.05) is 24.5 Å². The second kappa shape index (κ2) is 5.08. The van der Waals surface area contributed by atoms with Gasteiger partial charge in [0.1, 0.15) is 0 Å². The molecule has 2 aliphatic rings. The minimum Gasteiger partial charge on any atom is -0.399 e. The summed E-state index contributed by atoms with van der Waals surface area (Å²) in [5.74, 6) is 2.59. The molecular weight excluding hydrogens is 256 g/mol. The third kappa shape index (κ3) is 2.46. The van der Waals surface area contributed by atoms with Crippen molar-refractivity contribution in [1.29, 1.82) is 0 Å². The van der Waals surface area contributed by atoms with E-state index in [9.17, 15) is 4.79 Å². The maximum absolute atomic E-state index is 12.8. The van der Waals surface area contributed by atoms with Gasteiger partial charge in [-0.1, -0.05) is 12.1 Å². The zero-order chi connectivity index (χ0) is 13.3. The number of hydrogen-bond donors (Lipinski definition) is 1. The fraction of sp³-hybridized carbons (Fsp3) is 0.533. The average Bonchev–Trinajstić information content (AvgIpc) is 3.24. The summed E-state index contributed by atoms with van der Waals surface area (Å²) in [7, 11) is 0. The zero-order valence-electron chi connectivity index (χ0n) is 11.1. The molecule has 102 valence electrons. The van der Waals surface area contributed by atoms with Crippen LogP contribution in [0.5, 0.6) is 0 Å². The van der Waals surface area contributed by atoms with Crippen LogP contribution in [0.1, 0.15) is 24.8 Å². The first-order valence-electron chi connectivity index (χ1n) is 6.95. The summed E-state index contributed by atoms with van der Waals surface area (Å²) in [5.41, 5.74) is 7.40. The van der Waals surface area contributed by atoms with Crippen LogP contribution in [0.4, 0.5) is 5.69 Å². The van der Waals surface area contributed by atoms with E-state index in [1.54, 1.807) is 0 Å². The van der Waals surface area contributed by atoms with Gasteiger partial charge in [-0.3, -0.25) is 4.79 Å². The Labute approximate surface area is 118 Å².